The van der Waals surface area contributed by atoms with Gasteiger partial charge in [-0.2, -0.15) is 0 Å². The van der Waals surface area contributed by atoms with Gasteiger partial charge in [0, 0.05) is 17.4 Å². The van der Waals surface area contributed by atoms with Crippen molar-refractivity contribution in [2.75, 3.05) is 11.9 Å². The molecule has 5 nitrogen and oxygen atoms in total. The van der Waals surface area contributed by atoms with Crippen molar-refractivity contribution >= 4 is 11.6 Å². The molecule has 0 aliphatic heterocycles. The lowest BCUT2D eigenvalue weighted by molar-refractivity contribution is 0.102. The number of nitrogens with one attached hydrogen (secondary N) is 1. The van der Waals surface area contributed by atoms with E-state index >= 15 is 0 Å². The number of benzene rings is 2. The zero-order chi connectivity index (χ0) is 18.5. The molecule has 0 atom stereocenters. The summed E-state index contributed by atoms with van der Waals surface area (Å²) in [7, 11) is 0. The molecule has 26 heavy (non-hydrogen) atoms. The SMILES string of the molecule is CCOc1ccc(NC(=O)c2cnc(-c3ccc(C)cc3)nc2C)cc1. The molecule has 0 unspecified atom stereocenters. The van der Waals surface area contributed by atoms with Gasteiger partial charge >= 0.3 is 0 Å². The average Bonchev–Trinajstić information content (AvgIpc) is 2.64. The highest BCUT2D eigenvalue weighted by atomic mass is 16.5. The van der Waals surface area contributed by atoms with Crippen LogP contribution in [0.3, 0.4) is 0 Å². The van der Waals surface area contributed by atoms with Gasteiger partial charge in [0.2, 0.25) is 0 Å². The third kappa shape index (κ3) is 4.06. The van der Waals surface area contributed by atoms with Crippen LogP contribution < -0.4 is 10.1 Å². The summed E-state index contributed by atoms with van der Waals surface area (Å²) in [5.41, 5.74) is 3.89. The van der Waals surface area contributed by atoms with Gasteiger partial charge < -0.3 is 10.1 Å². The van der Waals surface area contributed by atoms with Crippen LogP contribution in [0.25, 0.3) is 11.4 Å². The summed E-state index contributed by atoms with van der Waals surface area (Å²) in [6.07, 6.45) is 1.57. The Kier molecular flexibility index (Phi) is 5.27. The lowest BCUT2D eigenvalue weighted by Gasteiger charge is -2.09. The van der Waals surface area contributed by atoms with Crippen molar-refractivity contribution in [3.8, 4) is 17.1 Å². The van der Waals surface area contributed by atoms with E-state index in [-0.39, 0.29) is 5.91 Å². The van der Waals surface area contributed by atoms with Crippen molar-refractivity contribution < 1.29 is 9.53 Å². The summed E-state index contributed by atoms with van der Waals surface area (Å²) in [6, 6.07) is 15.2. The van der Waals surface area contributed by atoms with Crippen LogP contribution in [-0.4, -0.2) is 22.5 Å². The van der Waals surface area contributed by atoms with Crippen molar-refractivity contribution in [3.05, 3.63) is 71.5 Å². The lowest BCUT2D eigenvalue weighted by atomic mass is 10.1. The number of carbonyl (C=O) groups excluding carboxylic acids is 1. The van der Waals surface area contributed by atoms with Crippen molar-refractivity contribution in [1.82, 2.24) is 9.97 Å². The minimum absolute atomic E-state index is 0.234. The van der Waals surface area contributed by atoms with Crippen LogP contribution in [0.4, 0.5) is 5.69 Å². The molecule has 1 amide bonds. The van der Waals surface area contributed by atoms with E-state index in [0.717, 1.165) is 11.3 Å². The summed E-state index contributed by atoms with van der Waals surface area (Å²) in [6.45, 7) is 6.38. The Balaban J connectivity index is 1.76. The molecule has 1 N–H and O–H groups in total. The molecule has 0 fully saturated rings. The monoisotopic (exact) mass is 347 g/mol. The number of nitrogens with zero attached hydrogens (tertiary/aromatic N) is 2. The van der Waals surface area contributed by atoms with Crippen molar-refractivity contribution in [2.24, 2.45) is 0 Å². The third-order valence-corrected chi connectivity index (χ3v) is 3.96. The van der Waals surface area contributed by atoms with E-state index in [2.05, 4.69) is 15.3 Å². The molecule has 0 bridgehead atoms. The normalized spacial score (nSPS) is 10.4. The number of ether oxygens (including phenoxy) is 1. The molecule has 2 aromatic carbocycles. The third-order valence-electron chi connectivity index (χ3n) is 3.96. The van der Waals surface area contributed by atoms with E-state index < -0.39 is 0 Å². The van der Waals surface area contributed by atoms with Gasteiger partial charge in [0.15, 0.2) is 5.82 Å². The fourth-order valence-corrected chi connectivity index (χ4v) is 2.53. The molecular weight excluding hydrogens is 326 g/mol. The van der Waals surface area contributed by atoms with Crippen LogP contribution in [-0.2, 0) is 0 Å². The largest absolute Gasteiger partial charge is 0.494 e. The minimum atomic E-state index is -0.234. The smallest absolute Gasteiger partial charge is 0.259 e. The first-order chi connectivity index (χ1) is 12.6. The molecule has 3 aromatic rings. The van der Waals surface area contributed by atoms with Crippen LogP contribution in [0.15, 0.2) is 54.7 Å². The Morgan fingerprint density at radius 1 is 1.04 bits per heavy atom. The second-order valence-electron chi connectivity index (χ2n) is 5.97. The highest BCUT2D eigenvalue weighted by Gasteiger charge is 2.13. The first-order valence-electron chi connectivity index (χ1n) is 8.51. The number of hydrogen-bond acceptors (Lipinski definition) is 4. The number of aromatic nitrogens is 2. The van der Waals surface area contributed by atoms with Gasteiger partial charge in [-0.25, -0.2) is 9.97 Å². The molecule has 0 aliphatic carbocycles. The first kappa shape index (κ1) is 17.6. The van der Waals surface area contributed by atoms with E-state index in [1.165, 1.54) is 5.56 Å². The second kappa shape index (κ2) is 7.78. The Hall–Kier alpha value is -3.21. The van der Waals surface area contributed by atoms with Crippen LogP contribution in [0.2, 0.25) is 0 Å². The van der Waals surface area contributed by atoms with Gasteiger partial charge in [0.25, 0.3) is 5.91 Å². The Labute approximate surface area is 153 Å². The second-order valence-corrected chi connectivity index (χ2v) is 5.97. The standard InChI is InChI=1S/C21H21N3O2/c1-4-26-18-11-9-17(10-12-18)24-21(25)19-13-22-20(23-15(19)3)16-7-5-14(2)6-8-16/h5-13H,4H2,1-3H3,(H,24,25). The van der Waals surface area contributed by atoms with Gasteiger partial charge in [-0.15, -0.1) is 0 Å². The molecule has 3 rings (SSSR count). The molecule has 5 heteroatoms. The maximum Gasteiger partial charge on any atom is 0.259 e. The molecule has 0 spiro atoms. The van der Waals surface area contributed by atoms with Crippen molar-refractivity contribution in [3.63, 3.8) is 0 Å². The van der Waals surface area contributed by atoms with Crippen molar-refractivity contribution in [2.45, 2.75) is 20.8 Å². The predicted molar refractivity (Wildman–Crippen MR) is 103 cm³/mol. The molecule has 0 saturated carbocycles. The summed E-state index contributed by atoms with van der Waals surface area (Å²) in [5.74, 6) is 1.15. The molecule has 1 heterocycles. The van der Waals surface area contributed by atoms with Gasteiger partial charge in [-0.1, -0.05) is 29.8 Å². The maximum atomic E-state index is 12.5. The van der Waals surface area contributed by atoms with Crippen molar-refractivity contribution in [1.29, 1.82) is 0 Å². The van der Waals surface area contributed by atoms with E-state index in [0.29, 0.717) is 29.4 Å². The Morgan fingerprint density at radius 2 is 1.73 bits per heavy atom. The number of amides is 1. The molecular formula is C21H21N3O2. The van der Waals surface area contributed by atoms with Crippen LogP contribution >= 0.6 is 0 Å². The number of anilines is 1. The maximum absolute atomic E-state index is 12.5. The zero-order valence-corrected chi connectivity index (χ0v) is 15.1. The number of aryl methyl sites for hydroxylation is 2. The van der Waals surface area contributed by atoms with Gasteiger partial charge in [0.05, 0.1) is 17.9 Å². The Morgan fingerprint density at radius 3 is 2.35 bits per heavy atom. The number of carbonyl (C=O) groups is 1. The molecule has 1 aromatic heterocycles. The van der Waals surface area contributed by atoms with E-state index in [1.54, 1.807) is 18.3 Å². The molecule has 0 radical (unpaired) electrons. The summed E-state index contributed by atoms with van der Waals surface area (Å²) in [4.78, 5) is 21.3. The topological polar surface area (TPSA) is 64.1 Å². The molecule has 0 saturated heterocycles. The van der Waals surface area contributed by atoms with Crippen LogP contribution in [0.5, 0.6) is 5.75 Å². The summed E-state index contributed by atoms with van der Waals surface area (Å²) >= 11 is 0. The quantitative estimate of drug-likeness (QED) is 0.742. The first-order valence-corrected chi connectivity index (χ1v) is 8.51. The highest BCUT2D eigenvalue weighted by molar-refractivity contribution is 6.04. The van der Waals surface area contributed by atoms with Crippen LogP contribution in [0, 0.1) is 13.8 Å². The fraction of sp³-hybridized carbons (Fsp3) is 0.190. The van der Waals surface area contributed by atoms with Gasteiger partial charge in [-0.3, -0.25) is 4.79 Å². The Bertz CT molecular complexity index is 904. The molecule has 132 valence electrons. The zero-order valence-electron chi connectivity index (χ0n) is 15.1. The highest BCUT2D eigenvalue weighted by Crippen LogP contribution is 2.19. The summed E-state index contributed by atoms with van der Waals surface area (Å²) in [5, 5.41) is 2.86. The van der Waals surface area contributed by atoms with E-state index in [4.69, 9.17) is 4.74 Å². The average molecular weight is 347 g/mol. The predicted octanol–water partition coefficient (Wildman–Crippen LogP) is 4.41. The summed E-state index contributed by atoms with van der Waals surface area (Å²) < 4.78 is 5.40. The van der Waals surface area contributed by atoms with E-state index in [9.17, 15) is 4.79 Å². The van der Waals surface area contributed by atoms with Crippen LogP contribution in [0.1, 0.15) is 28.5 Å². The molecule has 0 aliphatic rings. The minimum Gasteiger partial charge on any atom is -0.494 e. The fourth-order valence-electron chi connectivity index (χ4n) is 2.53. The van der Waals surface area contributed by atoms with Gasteiger partial charge in [0.1, 0.15) is 5.75 Å². The van der Waals surface area contributed by atoms with Gasteiger partial charge in [-0.05, 0) is 45.0 Å². The van der Waals surface area contributed by atoms with E-state index in [1.807, 2.05) is 57.2 Å². The number of hydrogen-bond donors (Lipinski definition) is 1. The lowest BCUT2D eigenvalue weighted by Crippen LogP contribution is -2.15. The number of rotatable bonds is 5.